The van der Waals surface area contributed by atoms with Crippen LogP contribution in [0.2, 0.25) is 0 Å². The zero-order valence-corrected chi connectivity index (χ0v) is 24.8. The van der Waals surface area contributed by atoms with E-state index in [9.17, 15) is 27.6 Å². The first-order valence-electron chi connectivity index (χ1n) is 15.0. The molecule has 0 N–H and O–H groups in total. The van der Waals surface area contributed by atoms with Crippen LogP contribution in [0.15, 0.2) is 72.3 Å². The van der Waals surface area contributed by atoms with Gasteiger partial charge in [0.25, 0.3) is 0 Å². The molecule has 2 fully saturated rings. The van der Waals surface area contributed by atoms with E-state index in [0.717, 1.165) is 44.1 Å². The standard InChI is InChI=1S/C33H39F3N4O3/c1-4-23(12-11-13-24-22-37-17-16-26(24)33(34,35)36)25-20-28(39-18-9-7-14-31(39)42)29(40-19-10-8-15-32(40)43)21-27(25)38(6-3)30(41)5-2/h4,11-13,16-17,20-22,28-29H,1,5-10,14-15,18-19H2,2-3H3/b13-11+,23-12+. The molecule has 2 unspecified atom stereocenters. The first-order valence-corrected chi connectivity index (χ1v) is 15.0. The van der Waals surface area contributed by atoms with E-state index < -0.39 is 23.8 Å². The van der Waals surface area contributed by atoms with E-state index in [4.69, 9.17) is 0 Å². The molecule has 0 bridgehead atoms. The number of nitrogens with zero attached hydrogens (tertiary/aromatic N) is 4. The van der Waals surface area contributed by atoms with Crippen molar-refractivity contribution >= 4 is 23.8 Å². The molecule has 2 saturated heterocycles. The molecule has 1 aromatic rings. The van der Waals surface area contributed by atoms with E-state index in [-0.39, 0.29) is 29.7 Å². The van der Waals surface area contributed by atoms with Crippen molar-refractivity contribution in [1.29, 1.82) is 0 Å². The van der Waals surface area contributed by atoms with Crippen molar-refractivity contribution in [3.05, 3.63) is 83.4 Å². The molecule has 1 aliphatic carbocycles. The van der Waals surface area contributed by atoms with E-state index in [1.807, 2.05) is 28.9 Å². The number of hydrogen-bond donors (Lipinski definition) is 0. The number of rotatable bonds is 9. The van der Waals surface area contributed by atoms with Crippen LogP contribution in [0.4, 0.5) is 13.2 Å². The summed E-state index contributed by atoms with van der Waals surface area (Å²) in [6.07, 6.45) is 12.1. The van der Waals surface area contributed by atoms with Gasteiger partial charge in [0.05, 0.1) is 17.6 Å². The van der Waals surface area contributed by atoms with E-state index in [2.05, 4.69) is 11.6 Å². The summed E-state index contributed by atoms with van der Waals surface area (Å²) >= 11 is 0. The lowest BCUT2D eigenvalue weighted by Crippen LogP contribution is -2.57. The summed E-state index contributed by atoms with van der Waals surface area (Å²) in [5.41, 5.74) is 0.915. The fourth-order valence-electron chi connectivity index (χ4n) is 6.01. The minimum absolute atomic E-state index is 0.00965. The van der Waals surface area contributed by atoms with Gasteiger partial charge in [0, 0.05) is 68.1 Å². The summed E-state index contributed by atoms with van der Waals surface area (Å²) in [6, 6.07) is 0.00483. The Kier molecular flexibility index (Phi) is 10.4. The van der Waals surface area contributed by atoms with Crippen molar-refractivity contribution in [3.63, 3.8) is 0 Å². The number of aromatic nitrogens is 1. The highest BCUT2D eigenvalue weighted by Crippen LogP contribution is 2.36. The van der Waals surface area contributed by atoms with Gasteiger partial charge in [-0.05, 0) is 56.4 Å². The first kappa shape index (κ1) is 32.0. The van der Waals surface area contributed by atoms with Crippen molar-refractivity contribution < 1.29 is 27.6 Å². The number of pyridine rings is 1. The second-order valence-corrected chi connectivity index (χ2v) is 10.8. The van der Waals surface area contributed by atoms with Gasteiger partial charge < -0.3 is 14.7 Å². The van der Waals surface area contributed by atoms with Crippen LogP contribution in [0.5, 0.6) is 0 Å². The van der Waals surface area contributed by atoms with Crippen LogP contribution in [0.1, 0.15) is 69.9 Å². The van der Waals surface area contributed by atoms with Crippen LogP contribution in [0.3, 0.4) is 0 Å². The second kappa shape index (κ2) is 14.0. The van der Waals surface area contributed by atoms with Gasteiger partial charge in [-0.2, -0.15) is 13.2 Å². The van der Waals surface area contributed by atoms with Crippen LogP contribution in [0.25, 0.3) is 6.08 Å². The minimum Gasteiger partial charge on any atom is -0.334 e. The van der Waals surface area contributed by atoms with Crippen molar-refractivity contribution in [3.8, 4) is 0 Å². The van der Waals surface area contributed by atoms with Gasteiger partial charge in [-0.1, -0.05) is 37.8 Å². The van der Waals surface area contributed by atoms with Crippen molar-refractivity contribution in [2.24, 2.45) is 0 Å². The Labute approximate surface area is 251 Å². The number of piperidine rings is 2. The van der Waals surface area contributed by atoms with Gasteiger partial charge in [0.2, 0.25) is 17.7 Å². The molecule has 4 rings (SSSR count). The third-order valence-corrected chi connectivity index (χ3v) is 8.18. The number of alkyl halides is 3. The Hall–Kier alpha value is -3.95. The Bertz CT molecular complexity index is 1360. The summed E-state index contributed by atoms with van der Waals surface area (Å²) < 4.78 is 40.6. The lowest BCUT2D eigenvalue weighted by Gasteiger charge is -2.46. The molecule has 0 radical (unpaired) electrons. The molecule has 10 heteroatoms. The van der Waals surface area contributed by atoms with Crippen LogP contribution >= 0.6 is 0 Å². The maximum absolute atomic E-state index is 13.5. The Morgan fingerprint density at radius 2 is 1.67 bits per heavy atom. The van der Waals surface area contributed by atoms with Gasteiger partial charge in [-0.3, -0.25) is 19.4 Å². The third kappa shape index (κ3) is 7.17. The average molecular weight is 597 g/mol. The number of halogens is 3. The topological polar surface area (TPSA) is 73.8 Å². The minimum atomic E-state index is -4.54. The summed E-state index contributed by atoms with van der Waals surface area (Å²) in [4.78, 5) is 48.6. The van der Waals surface area contributed by atoms with E-state index >= 15 is 0 Å². The Morgan fingerprint density at radius 1 is 1.05 bits per heavy atom. The summed E-state index contributed by atoms with van der Waals surface area (Å²) in [5.74, 6) is -0.0854. The van der Waals surface area contributed by atoms with Crippen LogP contribution < -0.4 is 0 Å². The number of carbonyl (C=O) groups is 3. The molecule has 3 aliphatic rings. The highest BCUT2D eigenvalue weighted by Gasteiger charge is 2.40. The zero-order valence-electron chi connectivity index (χ0n) is 24.8. The molecule has 0 aromatic carbocycles. The van der Waals surface area contributed by atoms with Gasteiger partial charge in [-0.25, -0.2) is 0 Å². The van der Waals surface area contributed by atoms with Crippen LogP contribution in [-0.4, -0.2) is 69.1 Å². The molecular formula is C33H39F3N4O3. The fourth-order valence-corrected chi connectivity index (χ4v) is 6.01. The van der Waals surface area contributed by atoms with Crippen LogP contribution in [0, 0.1) is 0 Å². The smallest absolute Gasteiger partial charge is 0.334 e. The molecule has 3 amide bonds. The Balaban J connectivity index is 1.84. The van der Waals surface area contributed by atoms with Crippen molar-refractivity contribution in [2.45, 2.75) is 77.1 Å². The number of likely N-dealkylation sites (tertiary alicyclic amines) is 2. The lowest BCUT2D eigenvalue weighted by atomic mass is 9.86. The van der Waals surface area contributed by atoms with E-state index in [1.165, 1.54) is 12.2 Å². The summed E-state index contributed by atoms with van der Waals surface area (Å²) in [6.45, 7) is 9.09. The van der Waals surface area contributed by atoms with E-state index in [1.54, 1.807) is 24.0 Å². The summed E-state index contributed by atoms with van der Waals surface area (Å²) in [5, 5.41) is 0. The van der Waals surface area contributed by atoms with Gasteiger partial charge >= 0.3 is 6.18 Å². The monoisotopic (exact) mass is 596 g/mol. The second-order valence-electron chi connectivity index (χ2n) is 10.8. The Morgan fingerprint density at radius 3 is 2.21 bits per heavy atom. The molecule has 2 atom stereocenters. The third-order valence-electron chi connectivity index (χ3n) is 8.18. The maximum Gasteiger partial charge on any atom is 0.417 e. The predicted octanol–water partition coefficient (Wildman–Crippen LogP) is 6.07. The highest BCUT2D eigenvalue weighted by molar-refractivity contribution is 5.82. The van der Waals surface area contributed by atoms with Crippen molar-refractivity contribution in [2.75, 3.05) is 19.6 Å². The number of allylic oxidation sites excluding steroid dienone is 4. The number of carbonyl (C=O) groups excluding carboxylic acids is 3. The fraction of sp³-hybridized carbons (Fsp3) is 0.455. The molecular weight excluding hydrogens is 557 g/mol. The largest absolute Gasteiger partial charge is 0.417 e. The number of hydrogen-bond acceptors (Lipinski definition) is 4. The molecule has 3 heterocycles. The average Bonchev–Trinajstić information content (AvgIpc) is 3.00. The molecule has 1 aromatic heterocycles. The van der Waals surface area contributed by atoms with E-state index in [0.29, 0.717) is 49.3 Å². The number of amides is 3. The zero-order chi connectivity index (χ0) is 31.1. The van der Waals surface area contributed by atoms with Crippen molar-refractivity contribution in [1.82, 2.24) is 19.7 Å². The van der Waals surface area contributed by atoms with Gasteiger partial charge in [0.1, 0.15) is 0 Å². The quantitative estimate of drug-likeness (QED) is 0.325. The first-order chi connectivity index (χ1) is 20.6. The number of likely N-dealkylation sites (N-methyl/N-ethyl adjacent to an activating group) is 1. The van der Waals surface area contributed by atoms with Crippen LogP contribution in [-0.2, 0) is 20.6 Å². The molecule has 7 nitrogen and oxygen atoms in total. The van der Waals surface area contributed by atoms with Gasteiger partial charge in [0.15, 0.2) is 0 Å². The lowest BCUT2D eigenvalue weighted by molar-refractivity contribution is -0.141. The maximum atomic E-state index is 13.5. The SMILES string of the molecule is C=C/C(=C\C=C\c1cnccc1C(F)(F)F)C1=CC(N2CCCCC2=O)C(N2CCCCC2=O)C=C1N(CC)C(=O)CC. The molecule has 0 saturated carbocycles. The summed E-state index contributed by atoms with van der Waals surface area (Å²) in [7, 11) is 0. The predicted molar refractivity (Wildman–Crippen MR) is 159 cm³/mol. The normalized spacial score (nSPS) is 22.0. The highest BCUT2D eigenvalue weighted by atomic mass is 19.4. The molecule has 0 spiro atoms. The molecule has 43 heavy (non-hydrogen) atoms. The molecule has 230 valence electrons. The molecule has 2 aliphatic heterocycles. The van der Waals surface area contributed by atoms with Gasteiger partial charge in [-0.15, -0.1) is 0 Å².